The van der Waals surface area contributed by atoms with Gasteiger partial charge in [-0.05, 0) is 31.9 Å². The van der Waals surface area contributed by atoms with Crippen LogP contribution in [0.25, 0.3) is 0 Å². The summed E-state index contributed by atoms with van der Waals surface area (Å²) in [7, 11) is 0. The summed E-state index contributed by atoms with van der Waals surface area (Å²) in [6, 6.07) is 2.37. The fourth-order valence-corrected chi connectivity index (χ4v) is 2.39. The smallest absolute Gasteiger partial charge is 0.308 e. The summed E-state index contributed by atoms with van der Waals surface area (Å²) >= 11 is 0. The maximum absolute atomic E-state index is 12.3. The van der Waals surface area contributed by atoms with E-state index in [1.54, 1.807) is 13.0 Å². The van der Waals surface area contributed by atoms with Crippen molar-refractivity contribution in [3.8, 4) is 0 Å². The van der Waals surface area contributed by atoms with Gasteiger partial charge in [0.25, 0.3) is 5.91 Å². The van der Waals surface area contributed by atoms with E-state index in [2.05, 4.69) is 5.32 Å². The van der Waals surface area contributed by atoms with Gasteiger partial charge in [-0.2, -0.15) is 0 Å². The number of nitrogens with one attached hydrogen (secondary N) is 1. The molecule has 0 saturated carbocycles. The van der Waals surface area contributed by atoms with Gasteiger partial charge in [-0.25, -0.2) is 0 Å². The minimum atomic E-state index is -0.889. The van der Waals surface area contributed by atoms with E-state index in [-0.39, 0.29) is 18.2 Å². The van der Waals surface area contributed by atoms with E-state index >= 15 is 0 Å². The highest BCUT2D eigenvalue weighted by Crippen LogP contribution is 2.17. The van der Waals surface area contributed by atoms with Crippen LogP contribution < -0.4 is 5.32 Å². The van der Waals surface area contributed by atoms with Crippen LogP contribution in [0.2, 0.25) is 0 Å². The highest BCUT2D eigenvalue weighted by Gasteiger charge is 2.30. The van der Waals surface area contributed by atoms with Crippen LogP contribution in [-0.2, 0) is 9.59 Å². The van der Waals surface area contributed by atoms with Crippen molar-refractivity contribution in [3.05, 3.63) is 24.2 Å². The first kappa shape index (κ1) is 15.1. The third-order valence-corrected chi connectivity index (χ3v) is 3.55. The zero-order valence-electron chi connectivity index (χ0n) is 11.7. The molecule has 0 aromatic carbocycles. The van der Waals surface area contributed by atoms with E-state index in [1.165, 1.54) is 17.2 Å². The van der Waals surface area contributed by atoms with E-state index in [1.807, 2.05) is 0 Å². The van der Waals surface area contributed by atoms with Crippen LogP contribution in [0.3, 0.4) is 0 Å². The van der Waals surface area contributed by atoms with Crippen LogP contribution in [-0.4, -0.2) is 46.9 Å². The lowest BCUT2D eigenvalue weighted by Gasteiger charge is -2.32. The fraction of sp³-hybridized carbons (Fsp3) is 0.500. The quantitative estimate of drug-likeness (QED) is 0.852. The second-order valence-corrected chi connectivity index (χ2v) is 5.13. The molecule has 7 heteroatoms. The summed E-state index contributed by atoms with van der Waals surface area (Å²) in [5.74, 6) is -2.03. The number of rotatable bonds is 4. The van der Waals surface area contributed by atoms with E-state index in [0.717, 1.165) is 0 Å². The Hall–Kier alpha value is -2.31. The number of nitrogens with zero attached hydrogens (tertiary/aromatic N) is 1. The van der Waals surface area contributed by atoms with Crippen molar-refractivity contribution in [2.75, 3.05) is 13.1 Å². The zero-order chi connectivity index (χ0) is 15.4. The molecule has 1 aliphatic rings. The maximum Gasteiger partial charge on any atom is 0.308 e. The zero-order valence-corrected chi connectivity index (χ0v) is 11.7. The van der Waals surface area contributed by atoms with Crippen LogP contribution in [0.15, 0.2) is 22.8 Å². The third kappa shape index (κ3) is 3.62. The number of carboxylic acids is 1. The monoisotopic (exact) mass is 294 g/mol. The number of hydrogen-bond acceptors (Lipinski definition) is 4. The van der Waals surface area contributed by atoms with Gasteiger partial charge in [0.15, 0.2) is 5.76 Å². The molecule has 1 aromatic heterocycles. The molecule has 1 fully saturated rings. The third-order valence-electron chi connectivity index (χ3n) is 3.55. The molecule has 21 heavy (non-hydrogen) atoms. The van der Waals surface area contributed by atoms with Crippen LogP contribution >= 0.6 is 0 Å². The number of furan rings is 1. The van der Waals surface area contributed by atoms with Gasteiger partial charge in [0.1, 0.15) is 6.04 Å². The molecule has 2 unspecified atom stereocenters. The van der Waals surface area contributed by atoms with E-state index in [9.17, 15) is 14.4 Å². The first-order chi connectivity index (χ1) is 9.99. The molecule has 0 radical (unpaired) electrons. The molecule has 114 valence electrons. The molecular weight excluding hydrogens is 276 g/mol. The summed E-state index contributed by atoms with van der Waals surface area (Å²) in [6.45, 7) is 2.28. The normalized spacial score (nSPS) is 19.9. The Morgan fingerprint density at radius 2 is 2.24 bits per heavy atom. The first-order valence-electron chi connectivity index (χ1n) is 6.85. The summed E-state index contributed by atoms with van der Waals surface area (Å²) in [5.41, 5.74) is 0. The Kier molecular flexibility index (Phi) is 4.62. The molecule has 2 rings (SSSR count). The van der Waals surface area contributed by atoms with Crippen LogP contribution in [0.4, 0.5) is 0 Å². The topological polar surface area (TPSA) is 99.9 Å². The number of aliphatic carboxylic acids is 1. The molecule has 0 bridgehead atoms. The van der Waals surface area contributed by atoms with Crippen molar-refractivity contribution >= 4 is 17.8 Å². The molecule has 1 aliphatic heterocycles. The summed E-state index contributed by atoms with van der Waals surface area (Å²) < 4.78 is 4.96. The van der Waals surface area contributed by atoms with E-state index in [0.29, 0.717) is 19.4 Å². The Bertz CT molecular complexity index is 525. The number of piperidine rings is 1. The van der Waals surface area contributed by atoms with Crippen LogP contribution in [0.1, 0.15) is 30.3 Å². The molecule has 2 amide bonds. The van der Waals surface area contributed by atoms with Crippen molar-refractivity contribution in [2.45, 2.75) is 25.8 Å². The number of carbonyl (C=O) groups excluding carboxylic acids is 2. The average molecular weight is 294 g/mol. The van der Waals surface area contributed by atoms with Gasteiger partial charge in [-0.3, -0.25) is 14.4 Å². The SMILES string of the molecule is CC(NC(=O)c1ccco1)C(=O)N1CCCC(C(=O)O)C1. The molecule has 1 aromatic rings. The van der Waals surface area contributed by atoms with Gasteiger partial charge in [0.05, 0.1) is 12.2 Å². The van der Waals surface area contributed by atoms with Gasteiger partial charge in [-0.1, -0.05) is 0 Å². The number of carbonyl (C=O) groups is 3. The van der Waals surface area contributed by atoms with Crippen LogP contribution in [0, 0.1) is 5.92 Å². The first-order valence-corrected chi connectivity index (χ1v) is 6.85. The second-order valence-electron chi connectivity index (χ2n) is 5.13. The van der Waals surface area contributed by atoms with Gasteiger partial charge in [-0.15, -0.1) is 0 Å². The average Bonchev–Trinajstić information content (AvgIpc) is 3.00. The Morgan fingerprint density at radius 3 is 2.86 bits per heavy atom. The number of carboxylic acid groups (broad SMARTS) is 1. The van der Waals surface area contributed by atoms with Crippen LogP contribution in [0.5, 0.6) is 0 Å². The van der Waals surface area contributed by atoms with Gasteiger partial charge in [0.2, 0.25) is 5.91 Å². The second kappa shape index (κ2) is 6.43. The van der Waals surface area contributed by atoms with E-state index < -0.39 is 23.8 Å². The van der Waals surface area contributed by atoms with Crippen molar-refractivity contribution in [1.29, 1.82) is 0 Å². The number of hydrogen-bond donors (Lipinski definition) is 2. The fourth-order valence-electron chi connectivity index (χ4n) is 2.39. The predicted octanol–water partition coefficient (Wildman–Crippen LogP) is 0.721. The Labute approximate surface area is 121 Å². The minimum Gasteiger partial charge on any atom is -0.481 e. The molecule has 2 heterocycles. The molecule has 7 nitrogen and oxygen atoms in total. The largest absolute Gasteiger partial charge is 0.481 e. The molecule has 0 spiro atoms. The Balaban J connectivity index is 1.92. The maximum atomic E-state index is 12.3. The molecule has 0 aliphatic carbocycles. The van der Waals surface area contributed by atoms with Gasteiger partial charge in [0, 0.05) is 13.1 Å². The molecule has 2 atom stereocenters. The highest BCUT2D eigenvalue weighted by molar-refractivity contribution is 5.95. The molecular formula is C14H18N2O5. The van der Waals surface area contributed by atoms with Crippen molar-refractivity contribution in [1.82, 2.24) is 10.2 Å². The van der Waals surface area contributed by atoms with Gasteiger partial charge < -0.3 is 19.7 Å². The summed E-state index contributed by atoms with van der Waals surface area (Å²) in [4.78, 5) is 36.6. The minimum absolute atomic E-state index is 0.136. The van der Waals surface area contributed by atoms with Crippen molar-refractivity contribution in [2.24, 2.45) is 5.92 Å². The predicted molar refractivity (Wildman–Crippen MR) is 72.6 cm³/mol. The van der Waals surface area contributed by atoms with Crippen molar-refractivity contribution in [3.63, 3.8) is 0 Å². The standard InChI is InChI=1S/C14H18N2O5/c1-9(15-12(17)11-5-3-7-21-11)13(18)16-6-2-4-10(8-16)14(19)20/h3,5,7,9-10H,2,4,6,8H2,1H3,(H,15,17)(H,19,20). The number of amides is 2. The lowest BCUT2D eigenvalue weighted by atomic mass is 9.98. The summed E-state index contributed by atoms with van der Waals surface area (Å²) in [5, 5.41) is 11.6. The van der Waals surface area contributed by atoms with Gasteiger partial charge >= 0.3 is 5.97 Å². The molecule has 1 saturated heterocycles. The van der Waals surface area contributed by atoms with Crippen molar-refractivity contribution < 1.29 is 23.9 Å². The highest BCUT2D eigenvalue weighted by atomic mass is 16.4. The Morgan fingerprint density at radius 1 is 1.48 bits per heavy atom. The summed E-state index contributed by atoms with van der Waals surface area (Å²) in [6.07, 6.45) is 2.61. The lowest BCUT2D eigenvalue weighted by molar-refractivity contribution is -0.146. The van der Waals surface area contributed by atoms with E-state index in [4.69, 9.17) is 9.52 Å². The molecule has 2 N–H and O–H groups in total. The number of likely N-dealkylation sites (tertiary alicyclic amines) is 1. The lowest BCUT2D eigenvalue weighted by Crippen LogP contribution is -2.50.